The van der Waals surface area contributed by atoms with Gasteiger partial charge < -0.3 is 16.5 Å². The van der Waals surface area contributed by atoms with Crippen molar-refractivity contribution in [2.24, 2.45) is 32.5 Å². The van der Waals surface area contributed by atoms with Crippen LogP contribution in [0, 0.1) is 11.8 Å². The van der Waals surface area contributed by atoms with Gasteiger partial charge in [-0.25, -0.2) is 9.98 Å². The number of allylic oxidation sites excluding steroid dienone is 4. The first-order valence-electron chi connectivity index (χ1n) is 15.3. The van der Waals surface area contributed by atoms with Gasteiger partial charge in [-0.1, -0.05) is 53.7 Å². The summed E-state index contributed by atoms with van der Waals surface area (Å²) in [6.07, 6.45) is 16.3. The Hall–Kier alpha value is -3.81. The van der Waals surface area contributed by atoms with Crippen molar-refractivity contribution < 1.29 is 0 Å². The van der Waals surface area contributed by atoms with Crippen LogP contribution in [-0.2, 0) is 0 Å². The molecule has 2 aliphatic rings. The molecule has 0 aliphatic heterocycles. The molecule has 5 N–H and O–H groups in total. The maximum atomic E-state index is 11.9. The van der Waals surface area contributed by atoms with Gasteiger partial charge in [0.05, 0.1) is 5.56 Å². The van der Waals surface area contributed by atoms with Crippen LogP contribution in [-0.4, -0.2) is 41.9 Å². The predicted molar refractivity (Wildman–Crippen MR) is 184 cm³/mol. The number of aromatic amines is 1. The quantitative estimate of drug-likeness (QED) is 0.260. The Morgan fingerprint density at radius 2 is 1.57 bits per heavy atom. The van der Waals surface area contributed by atoms with Crippen LogP contribution >= 0.6 is 0 Å². The minimum Gasteiger partial charge on any atom is -0.383 e. The minimum atomic E-state index is -0.0524. The maximum Gasteiger partial charge on any atom is 0.255 e. The fourth-order valence-electron chi connectivity index (χ4n) is 4.64. The zero-order valence-electron chi connectivity index (χ0n) is 27.3. The molecular weight excluding hydrogens is 522 g/mol. The SMILES string of the molecule is CC.CC.CC=NC(=NC)c1cc(C2=CCC(C)CC2)cnc1N.CN=C(N)c1c[nH]c(=O)c(C2=CCC(C)CC2)c1. The molecule has 8 heteroatoms. The molecule has 4 rings (SSSR count). The van der Waals surface area contributed by atoms with E-state index in [1.54, 1.807) is 26.5 Å². The van der Waals surface area contributed by atoms with Gasteiger partial charge in [0.2, 0.25) is 0 Å². The molecule has 0 amide bonds. The van der Waals surface area contributed by atoms with Crippen LogP contribution in [0.5, 0.6) is 0 Å². The van der Waals surface area contributed by atoms with Crippen LogP contribution in [0.3, 0.4) is 0 Å². The van der Waals surface area contributed by atoms with E-state index in [1.165, 1.54) is 12.0 Å². The molecule has 0 saturated heterocycles. The number of pyridine rings is 2. The Balaban J connectivity index is 0.000000377. The topological polar surface area (TPSA) is 135 Å². The lowest BCUT2D eigenvalue weighted by Gasteiger charge is -2.19. The number of anilines is 1. The number of aliphatic imine (C=N–C) groups is 3. The second-order valence-electron chi connectivity index (χ2n) is 10.0. The molecule has 42 heavy (non-hydrogen) atoms. The Labute approximate surface area is 253 Å². The summed E-state index contributed by atoms with van der Waals surface area (Å²) in [4.78, 5) is 31.3. The molecule has 0 spiro atoms. The number of amidine groups is 2. The van der Waals surface area contributed by atoms with Crippen molar-refractivity contribution in [3.63, 3.8) is 0 Å². The minimum absolute atomic E-state index is 0.0524. The van der Waals surface area contributed by atoms with Gasteiger partial charge in [-0.05, 0) is 86.1 Å². The number of nitrogens with zero attached hydrogens (tertiary/aromatic N) is 4. The number of rotatable bonds is 4. The van der Waals surface area contributed by atoms with E-state index in [0.29, 0.717) is 23.4 Å². The van der Waals surface area contributed by atoms with Crippen LogP contribution in [0.2, 0.25) is 0 Å². The van der Waals surface area contributed by atoms with Gasteiger partial charge in [-0.15, -0.1) is 0 Å². The molecule has 0 fully saturated rings. The third-order valence-electron chi connectivity index (χ3n) is 7.13. The first-order valence-corrected chi connectivity index (χ1v) is 15.3. The summed E-state index contributed by atoms with van der Waals surface area (Å²) in [6.45, 7) is 14.4. The van der Waals surface area contributed by atoms with E-state index < -0.39 is 0 Å². The fraction of sp³-hybridized carbons (Fsp3) is 0.500. The number of nitrogens with two attached hydrogens (primary N) is 2. The Bertz CT molecular complexity index is 1330. The second-order valence-corrected chi connectivity index (χ2v) is 10.0. The Morgan fingerprint density at radius 3 is 2.07 bits per heavy atom. The summed E-state index contributed by atoms with van der Waals surface area (Å²) in [5, 5.41) is 0. The van der Waals surface area contributed by atoms with E-state index in [-0.39, 0.29) is 5.56 Å². The smallest absolute Gasteiger partial charge is 0.255 e. The third-order valence-corrected chi connectivity index (χ3v) is 7.13. The van der Waals surface area contributed by atoms with Gasteiger partial charge in [0.25, 0.3) is 5.56 Å². The van der Waals surface area contributed by atoms with Crippen molar-refractivity contribution in [2.75, 3.05) is 19.8 Å². The Morgan fingerprint density at radius 1 is 0.976 bits per heavy atom. The number of nitrogens with one attached hydrogen (secondary N) is 1. The molecule has 2 unspecified atom stereocenters. The molecular formula is C34H53N7O. The summed E-state index contributed by atoms with van der Waals surface area (Å²) >= 11 is 0. The maximum absolute atomic E-state index is 11.9. The number of hydrogen-bond acceptors (Lipinski definition) is 5. The Kier molecular flexibility index (Phi) is 16.7. The third kappa shape index (κ3) is 10.5. The van der Waals surface area contributed by atoms with Crippen LogP contribution in [0.4, 0.5) is 5.82 Å². The first kappa shape index (κ1) is 36.2. The molecule has 0 radical (unpaired) electrons. The molecule has 8 nitrogen and oxygen atoms in total. The molecule has 230 valence electrons. The highest BCUT2D eigenvalue weighted by atomic mass is 16.1. The van der Waals surface area contributed by atoms with E-state index in [0.717, 1.165) is 65.8 Å². The van der Waals surface area contributed by atoms with E-state index >= 15 is 0 Å². The summed E-state index contributed by atoms with van der Waals surface area (Å²) in [6, 6.07) is 3.89. The van der Waals surface area contributed by atoms with Gasteiger partial charge in [0.1, 0.15) is 11.7 Å². The predicted octanol–water partition coefficient (Wildman–Crippen LogP) is 7.30. The van der Waals surface area contributed by atoms with Crippen molar-refractivity contribution in [1.29, 1.82) is 0 Å². The fourth-order valence-corrected chi connectivity index (χ4v) is 4.64. The lowest BCUT2D eigenvalue weighted by molar-refractivity contribution is 0.533. The number of H-pyrrole nitrogens is 1. The lowest BCUT2D eigenvalue weighted by Crippen LogP contribution is -2.19. The van der Waals surface area contributed by atoms with Gasteiger partial charge in [-0.2, -0.15) is 0 Å². The summed E-state index contributed by atoms with van der Waals surface area (Å²) < 4.78 is 0. The van der Waals surface area contributed by atoms with Gasteiger partial charge in [-0.3, -0.25) is 14.8 Å². The molecule has 2 aromatic heterocycles. The van der Waals surface area contributed by atoms with Crippen molar-refractivity contribution in [2.45, 2.75) is 87.0 Å². The van der Waals surface area contributed by atoms with E-state index in [4.69, 9.17) is 11.5 Å². The highest BCUT2D eigenvalue weighted by Gasteiger charge is 2.16. The highest BCUT2D eigenvalue weighted by Crippen LogP contribution is 2.31. The van der Waals surface area contributed by atoms with Gasteiger partial charge in [0.15, 0.2) is 5.84 Å². The highest BCUT2D eigenvalue weighted by molar-refractivity contribution is 6.06. The van der Waals surface area contributed by atoms with Crippen LogP contribution < -0.4 is 17.0 Å². The normalized spacial score (nSPS) is 18.8. The molecule has 2 heterocycles. The van der Waals surface area contributed by atoms with Crippen molar-refractivity contribution in [3.05, 3.63) is 69.3 Å². The van der Waals surface area contributed by atoms with Crippen LogP contribution in [0.15, 0.2) is 56.5 Å². The second kappa shape index (κ2) is 19.3. The van der Waals surface area contributed by atoms with E-state index in [1.807, 2.05) is 46.9 Å². The van der Waals surface area contributed by atoms with Crippen molar-refractivity contribution >= 4 is 34.8 Å². The van der Waals surface area contributed by atoms with E-state index in [9.17, 15) is 4.79 Å². The zero-order valence-corrected chi connectivity index (χ0v) is 27.3. The van der Waals surface area contributed by atoms with Gasteiger partial charge >= 0.3 is 0 Å². The molecule has 2 atom stereocenters. The summed E-state index contributed by atoms with van der Waals surface area (Å²) in [7, 11) is 3.36. The number of aromatic nitrogens is 2. The zero-order chi connectivity index (χ0) is 31.7. The van der Waals surface area contributed by atoms with Gasteiger partial charge in [0, 0.05) is 43.8 Å². The van der Waals surface area contributed by atoms with Crippen LogP contribution in [0.1, 0.15) is 109 Å². The summed E-state index contributed by atoms with van der Waals surface area (Å²) in [5.41, 5.74) is 17.6. The van der Waals surface area contributed by atoms with Crippen molar-refractivity contribution in [1.82, 2.24) is 9.97 Å². The molecule has 0 saturated carbocycles. The molecule has 2 aromatic rings. The van der Waals surface area contributed by atoms with Crippen LogP contribution in [0.25, 0.3) is 11.1 Å². The molecule has 2 aliphatic carbocycles. The van der Waals surface area contributed by atoms with Crippen molar-refractivity contribution in [3.8, 4) is 0 Å². The molecule has 0 aromatic carbocycles. The summed E-state index contributed by atoms with van der Waals surface area (Å²) in [5.74, 6) is 3.03. The lowest BCUT2D eigenvalue weighted by atomic mass is 9.88. The average molecular weight is 576 g/mol. The monoisotopic (exact) mass is 575 g/mol. The van der Waals surface area contributed by atoms with E-state index in [2.05, 4.69) is 57.0 Å². The largest absolute Gasteiger partial charge is 0.383 e. The number of hydrogen-bond donors (Lipinski definition) is 3. The number of nitrogen functional groups attached to an aromatic ring is 1. The standard InChI is InChI=1S/C16H22N4.C14H19N3O.2C2H6/c1-4-19-16(18-3)14-9-13(10-20-15(14)17)12-7-5-11(2)6-8-12;1-9-3-5-10(6-4-9)12-7-11(13(15)16-2)8-17-14(12)18;2*1-2/h4,7,9-11H,5-6,8H2,1-3H3,(H2,17,20);5,7-9H,3-4,6H2,1-2H3,(H2,15,16)(H,17,18);2*1-2H3. The average Bonchev–Trinajstić information content (AvgIpc) is 3.03. The first-order chi connectivity index (χ1) is 20.3. The molecule has 0 bridgehead atoms.